The number of aromatic nitrogens is 1. The highest BCUT2D eigenvalue weighted by atomic mass is 16.4. The first-order valence-corrected chi connectivity index (χ1v) is 8.19. The van der Waals surface area contributed by atoms with Crippen molar-refractivity contribution in [3.05, 3.63) is 51.8 Å². The number of benzene rings is 1. The molecule has 0 radical (unpaired) electrons. The van der Waals surface area contributed by atoms with Crippen molar-refractivity contribution in [3.8, 4) is 11.3 Å². The number of carboxylic acids is 1. The Labute approximate surface area is 144 Å². The summed E-state index contributed by atoms with van der Waals surface area (Å²) >= 11 is 0. The van der Waals surface area contributed by atoms with Crippen molar-refractivity contribution in [2.24, 2.45) is 5.73 Å². The summed E-state index contributed by atoms with van der Waals surface area (Å²) in [5.74, 6) is -1.23. The molecule has 132 valence electrons. The number of H-pyrrole nitrogens is 1. The van der Waals surface area contributed by atoms with Gasteiger partial charge in [0.15, 0.2) is 0 Å². The fraction of sp³-hybridized carbons (Fsp3) is 0.333. The first-order chi connectivity index (χ1) is 11.9. The molecule has 5 N–H and O–H groups in total. The van der Waals surface area contributed by atoms with E-state index in [1.165, 1.54) is 6.07 Å². The Balaban J connectivity index is 1.94. The van der Waals surface area contributed by atoms with Crippen molar-refractivity contribution in [3.63, 3.8) is 0 Å². The highest BCUT2D eigenvalue weighted by Gasteiger charge is 2.28. The molecule has 3 rings (SSSR count). The second-order valence-electron chi connectivity index (χ2n) is 6.25. The Kier molecular flexibility index (Phi) is 4.61. The summed E-state index contributed by atoms with van der Waals surface area (Å²) in [4.78, 5) is 27.8. The molecule has 1 aliphatic rings. The molecule has 1 aliphatic heterocycles. The van der Waals surface area contributed by atoms with Gasteiger partial charge in [-0.2, -0.15) is 0 Å². The summed E-state index contributed by atoms with van der Waals surface area (Å²) in [7, 11) is 0. The molecule has 0 saturated carbocycles. The molecule has 0 amide bonds. The smallest absolute Gasteiger partial charge is 0.341 e. The number of aromatic carboxylic acids is 1. The van der Waals surface area contributed by atoms with Crippen molar-refractivity contribution >= 4 is 11.7 Å². The van der Waals surface area contributed by atoms with Crippen LogP contribution in [0.1, 0.15) is 22.8 Å². The highest BCUT2D eigenvalue weighted by molar-refractivity contribution is 5.88. The highest BCUT2D eigenvalue weighted by Crippen LogP contribution is 2.26. The number of nitrogens with one attached hydrogen (secondary N) is 1. The molecule has 25 heavy (non-hydrogen) atoms. The van der Waals surface area contributed by atoms with E-state index in [-0.39, 0.29) is 11.6 Å². The van der Waals surface area contributed by atoms with Gasteiger partial charge in [-0.15, -0.1) is 0 Å². The van der Waals surface area contributed by atoms with Crippen LogP contribution in [0.4, 0.5) is 5.69 Å². The molecular formula is C18H21N3O4. The molecule has 7 nitrogen and oxygen atoms in total. The minimum absolute atomic E-state index is 0.253. The number of rotatable bonds is 4. The summed E-state index contributed by atoms with van der Waals surface area (Å²) in [6.07, 6.45) is 0.0627. The summed E-state index contributed by atoms with van der Waals surface area (Å²) in [6, 6.07) is 8.73. The molecule has 2 heterocycles. The van der Waals surface area contributed by atoms with E-state index in [1.807, 2.05) is 36.1 Å². The zero-order valence-electron chi connectivity index (χ0n) is 13.9. The van der Waals surface area contributed by atoms with Crippen molar-refractivity contribution in [2.45, 2.75) is 25.5 Å². The van der Waals surface area contributed by atoms with E-state index in [2.05, 4.69) is 4.98 Å². The number of carbonyl (C=O) groups is 1. The van der Waals surface area contributed by atoms with Crippen LogP contribution in [0.5, 0.6) is 0 Å². The summed E-state index contributed by atoms with van der Waals surface area (Å²) in [6.45, 7) is 2.99. The number of hydrogen-bond acceptors (Lipinski definition) is 5. The molecular weight excluding hydrogens is 322 g/mol. The maximum absolute atomic E-state index is 12.0. The fourth-order valence-corrected chi connectivity index (χ4v) is 3.13. The van der Waals surface area contributed by atoms with E-state index in [0.29, 0.717) is 25.2 Å². The second-order valence-corrected chi connectivity index (χ2v) is 6.25. The zero-order valence-corrected chi connectivity index (χ0v) is 13.9. The Hall–Kier alpha value is -2.64. The van der Waals surface area contributed by atoms with Gasteiger partial charge in [0.05, 0.1) is 11.8 Å². The van der Waals surface area contributed by atoms with Crippen LogP contribution in [0.3, 0.4) is 0 Å². The number of aromatic amines is 1. The number of anilines is 1. The van der Waals surface area contributed by atoms with Gasteiger partial charge in [0, 0.05) is 24.8 Å². The van der Waals surface area contributed by atoms with Gasteiger partial charge in [-0.05, 0) is 35.7 Å². The third-order valence-corrected chi connectivity index (χ3v) is 4.59. The lowest BCUT2D eigenvalue weighted by atomic mass is 10.0. The number of aliphatic hydroxyl groups excluding tert-OH is 1. The van der Waals surface area contributed by atoms with Crippen LogP contribution in [0, 0.1) is 0 Å². The van der Waals surface area contributed by atoms with Crippen LogP contribution in [-0.2, 0) is 6.42 Å². The summed E-state index contributed by atoms with van der Waals surface area (Å²) in [5, 5.41) is 18.9. The molecule has 1 aromatic carbocycles. The zero-order chi connectivity index (χ0) is 18.1. The third kappa shape index (κ3) is 3.29. The number of nitrogens with two attached hydrogens (primary N) is 1. The largest absolute Gasteiger partial charge is 0.477 e. The number of carboxylic acid groups (broad SMARTS) is 1. The minimum atomic E-state index is -1.23. The first kappa shape index (κ1) is 17.2. The van der Waals surface area contributed by atoms with Crippen LogP contribution in [0.15, 0.2) is 35.1 Å². The van der Waals surface area contributed by atoms with Crippen LogP contribution in [-0.4, -0.2) is 46.4 Å². The van der Waals surface area contributed by atoms with Crippen molar-refractivity contribution < 1.29 is 15.0 Å². The van der Waals surface area contributed by atoms with Gasteiger partial charge in [-0.25, -0.2) is 4.79 Å². The first-order valence-electron chi connectivity index (χ1n) is 8.19. The number of hydrogen-bond donors (Lipinski definition) is 4. The van der Waals surface area contributed by atoms with Gasteiger partial charge < -0.3 is 25.8 Å². The molecule has 0 spiro atoms. The lowest BCUT2D eigenvalue weighted by Gasteiger charge is -2.18. The van der Waals surface area contributed by atoms with Gasteiger partial charge in [0.25, 0.3) is 5.56 Å². The number of aryl methyl sites for hydroxylation is 1. The molecule has 0 bridgehead atoms. The van der Waals surface area contributed by atoms with E-state index in [1.54, 1.807) is 0 Å². The Morgan fingerprint density at radius 1 is 1.32 bits per heavy atom. The molecule has 2 atom stereocenters. The molecule has 0 aliphatic carbocycles. The van der Waals surface area contributed by atoms with Gasteiger partial charge in [-0.3, -0.25) is 4.79 Å². The third-order valence-electron chi connectivity index (χ3n) is 4.59. The summed E-state index contributed by atoms with van der Waals surface area (Å²) < 4.78 is 0. The maximum Gasteiger partial charge on any atom is 0.341 e. The standard InChI is InChI=1S/C18H21N3O4/c1-2-10-7-13(18(24)25)17(23)20-16(10)11-3-5-12(6-4-11)21-8-14(19)15(22)9-21/h3-7,14-15,22H,2,8-9,19H2,1H3,(H,20,23)(H,24,25)/t14-,15-/m1/s1. The topological polar surface area (TPSA) is 120 Å². The maximum atomic E-state index is 12.0. The predicted octanol–water partition coefficient (Wildman–Crippen LogP) is 0.811. The van der Waals surface area contributed by atoms with Gasteiger partial charge in [0.1, 0.15) is 5.56 Å². The van der Waals surface area contributed by atoms with E-state index in [0.717, 1.165) is 16.8 Å². The average Bonchev–Trinajstić information content (AvgIpc) is 2.93. The Morgan fingerprint density at radius 3 is 2.52 bits per heavy atom. The molecule has 7 heteroatoms. The summed E-state index contributed by atoms with van der Waals surface area (Å²) in [5.41, 5.74) is 8.12. The Morgan fingerprint density at radius 2 is 2.00 bits per heavy atom. The lowest BCUT2D eigenvalue weighted by molar-refractivity contribution is 0.0695. The molecule has 1 saturated heterocycles. The van der Waals surface area contributed by atoms with E-state index in [9.17, 15) is 14.7 Å². The normalized spacial score (nSPS) is 20.0. The Bertz CT molecular complexity index is 834. The molecule has 2 aromatic rings. The fourth-order valence-electron chi connectivity index (χ4n) is 3.13. The van der Waals surface area contributed by atoms with Gasteiger partial charge >= 0.3 is 5.97 Å². The van der Waals surface area contributed by atoms with Crippen molar-refractivity contribution in [2.75, 3.05) is 18.0 Å². The quantitative estimate of drug-likeness (QED) is 0.652. The number of β-amino-alcohol motifs (C(OH)–C–C–N with tert-alkyl or cyclic N) is 1. The predicted molar refractivity (Wildman–Crippen MR) is 95.0 cm³/mol. The van der Waals surface area contributed by atoms with Crippen LogP contribution in [0.2, 0.25) is 0 Å². The van der Waals surface area contributed by atoms with Crippen molar-refractivity contribution in [1.82, 2.24) is 4.98 Å². The van der Waals surface area contributed by atoms with Crippen molar-refractivity contribution in [1.29, 1.82) is 0 Å². The second kappa shape index (κ2) is 6.70. The number of pyridine rings is 1. The molecule has 1 aromatic heterocycles. The van der Waals surface area contributed by atoms with Crippen LogP contribution >= 0.6 is 0 Å². The van der Waals surface area contributed by atoms with Crippen LogP contribution in [0.25, 0.3) is 11.3 Å². The van der Waals surface area contributed by atoms with Gasteiger partial charge in [-0.1, -0.05) is 19.1 Å². The van der Waals surface area contributed by atoms with Gasteiger partial charge in [0.2, 0.25) is 0 Å². The van der Waals surface area contributed by atoms with Crippen LogP contribution < -0.4 is 16.2 Å². The molecule has 1 fully saturated rings. The van der Waals surface area contributed by atoms with E-state index < -0.39 is 17.6 Å². The number of aliphatic hydroxyl groups is 1. The SMILES string of the molecule is CCc1cc(C(=O)O)c(=O)[nH]c1-c1ccc(N2C[C@@H](N)[C@H](O)C2)cc1. The number of nitrogens with zero attached hydrogens (tertiary/aromatic N) is 1. The van der Waals surface area contributed by atoms with E-state index >= 15 is 0 Å². The average molecular weight is 343 g/mol. The monoisotopic (exact) mass is 343 g/mol. The molecule has 0 unspecified atom stereocenters. The van der Waals surface area contributed by atoms with E-state index in [4.69, 9.17) is 10.8 Å². The minimum Gasteiger partial charge on any atom is -0.477 e. The lowest BCUT2D eigenvalue weighted by Crippen LogP contribution is -2.32.